The van der Waals surface area contributed by atoms with E-state index in [1.807, 2.05) is 6.92 Å². The lowest BCUT2D eigenvalue weighted by Crippen LogP contribution is -2.81. The van der Waals surface area contributed by atoms with Gasteiger partial charge < -0.3 is 0 Å². The van der Waals surface area contributed by atoms with E-state index in [9.17, 15) is 4.79 Å². The van der Waals surface area contributed by atoms with Gasteiger partial charge in [0.25, 0.3) is 0 Å². The maximum Gasteiger partial charge on any atom is 0.422 e. The van der Waals surface area contributed by atoms with E-state index in [1.54, 1.807) is 6.20 Å². The summed E-state index contributed by atoms with van der Waals surface area (Å²) < 4.78 is 0. The molecule has 0 spiro atoms. The van der Waals surface area contributed by atoms with E-state index in [1.165, 1.54) is 5.32 Å². The van der Waals surface area contributed by atoms with Crippen molar-refractivity contribution in [3.05, 3.63) is 11.9 Å². The third kappa shape index (κ3) is 0.778. The molecule has 2 amide bonds. The predicted molar refractivity (Wildman–Crippen MR) is 24.2 cm³/mol. The second-order valence-corrected chi connectivity index (χ2v) is 1.51. The number of hydrogen-bond acceptors (Lipinski definition) is 1. The van der Waals surface area contributed by atoms with Gasteiger partial charge >= 0.3 is 6.03 Å². The fraction of sp³-hybridized carbons (Fsp3) is 0.250. The number of nitrogens with one attached hydrogen (secondary N) is 1. The Morgan fingerprint density at radius 2 is 2.57 bits per heavy atom. The first-order valence-electron chi connectivity index (χ1n) is 2.11. The molecule has 0 saturated heterocycles. The molecule has 0 fully saturated rings. The summed E-state index contributed by atoms with van der Waals surface area (Å²) in [6.07, 6.45) is 1.75. The van der Waals surface area contributed by atoms with E-state index in [4.69, 9.17) is 0 Å². The Balaban J connectivity index is 2.58. The van der Waals surface area contributed by atoms with Gasteiger partial charge in [-0.05, 0) is 6.92 Å². The second kappa shape index (κ2) is 1.35. The van der Waals surface area contributed by atoms with E-state index in [2.05, 4.69) is 5.32 Å². The minimum Gasteiger partial charge on any atom is -0.274 e. The van der Waals surface area contributed by atoms with Crippen LogP contribution in [0.5, 0.6) is 0 Å². The van der Waals surface area contributed by atoms with Gasteiger partial charge in [-0.2, -0.15) is 0 Å². The Bertz CT molecular complexity index is 128. The van der Waals surface area contributed by atoms with Crippen molar-refractivity contribution in [2.75, 3.05) is 0 Å². The molecule has 0 aromatic carbocycles. The molecule has 0 saturated carbocycles. The van der Waals surface area contributed by atoms with Crippen LogP contribution in [0.2, 0.25) is 0 Å². The van der Waals surface area contributed by atoms with Crippen LogP contribution < -0.4 is 10.6 Å². The molecule has 1 rings (SSSR count). The topological polar surface area (TPSA) is 45.7 Å². The number of urea groups is 1. The van der Waals surface area contributed by atoms with Crippen LogP contribution in [-0.2, 0) is 0 Å². The molecule has 0 atom stereocenters. The molecular formula is C4H7N2O+. The van der Waals surface area contributed by atoms with Crippen LogP contribution in [-0.4, -0.2) is 6.03 Å². The van der Waals surface area contributed by atoms with Crippen molar-refractivity contribution >= 4 is 6.03 Å². The third-order valence-electron chi connectivity index (χ3n) is 0.805. The average molecular weight is 99.1 g/mol. The van der Waals surface area contributed by atoms with Gasteiger partial charge in [-0.1, -0.05) is 0 Å². The highest BCUT2D eigenvalue weighted by atomic mass is 16.2. The number of amides is 2. The standard InChI is InChI=1S/C4H6N2O/c1-3-2-5-4(7)6-3/h2H,1H3,(H2,5,6,7)/p+1. The van der Waals surface area contributed by atoms with Crippen LogP contribution >= 0.6 is 0 Å². The van der Waals surface area contributed by atoms with Crippen LogP contribution in [0.1, 0.15) is 6.92 Å². The summed E-state index contributed by atoms with van der Waals surface area (Å²) >= 11 is 0. The zero-order chi connectivity index (χ0) is 5.28. The highest BCUT2D eigenvalue weighted by Crippen LogP contribution is 1.81. The van der Waals surface area contributed by atoms with Crippen molar-refractivity contribution in [3.63, 3.8) is 0 Å². The van der Waals surface area contributed by atoms with Crippen LogP contribution in [0, 0.1) is 0 Å². The van der Waals surface area contributed by atoms with Crippen molar-refractivity contribution in [1.29, 1.82) is 0 Å². The number of carbonyl (C=O) groups excluding carboxylic acids is 1. The lowest BCUT2D eigenvalue weighted by atomic mass is 10.6. The largest absolute Gasteiger partial charge is 0.422 e. The zero-order valence-corrected chi connectivity index (χ0v) is 4.06. The molecule has 0 unspecified atom stereocenters. The lowest BCUT2D eigenvalue weighted by Gasteiger charge is -1.81. The molecule has 0 aromatic rings. The van der Waals surface area contributed by atoms with Gasteiger partial charge in [-0.25, -0.2) is 10.1 Å². The number of rotatable bonds is 0. The summed E-state index contributed by atoms with van der Waals surface area (Å²) in [5.41, 5.74) is 0.921. The van der Waals surface area contributed by atoms with Gasteiger partial charge in [0.2, 0.25) is 0 Å². The maximum atomic E-state index is 10.2. The number of primary amides is 1. The molecule has 0 radical (unpaired) electrons. The third-order valence-corrected chi connectivity index (χ3v) is 0.805. The Morgan fingerprint density at radius 3 is 2.71 bits per heavy atom. The van der Waals surface area contributed by atoms with Gasteiger partial charge in [-0.15, -0.1) is 0 Å². The Hall–Kier alpha value is -0.830. The quantitative estimate of drug-likeness (QED) is 0.407. The predicted octanol–water partition coefficient (Wildman–Crippen LogP) is -0.866. The number of hydrogen-bond donors (Lipinski definition) is 2. The van der Waals surface area contributed by atoms with Gasteiger partial charge in [0.05, 0.1) is 5.70 Å². The van der Waals surface area contributed by atoms with Gasteiger partial charge in [0.15, 0.2) is 0 Å². The number of quaternary nitrogens is 1. The van der Waals surface area contributed by atoms with Crippen molar-refractivity contribution < 1.29 is 10.1 Å². The Morgan fingerprint density at radius 1 is 1.86 bits per heavy atom. The van der Waals surface area contributed by atoms with Crippen molar-refractivity contribution in [1.82, 2.24) is 5.32 Å². The van der Waals surface area contributed by atoms with Gasteiger partial charge in [0.1, 0.15) is 6.20 Å². The number of carbonyl (C=O) groups is 1. The molecule has 1 aliphatic rings. The molecule has 0 aromatic heterocycles. The molecular weight excluding hydrogens is 92.1 g/mol. The SMILES string of the molecule is CC1=C[NH2+]C(=O)N1. The minimum absolute atomic E-state index is 0.0162. The number of nitrogens with two attached hydrogens (primary N) is 1. The first-order valence-corrected chi connectivity index (χ1v) is 2.11. The fourth-order valence-corrected chi connectivity index (χ4v) is 0.478. The van der Waals surface area contributed by atoms with E-state index in [0.29, 0.717) is 0 Å². The number of allylic oxidation sites excluding steroid dienone is 1. The maximum absolute atomic E-state index is 10.2. The average Bonchev–Trinajstić information content (AvgIpc) is 1.87. The first kappa shape index (κ1) is 4.33. The smallest absolute Gasteiger partial charge is 0.274 e. The fourth-order valence-electron chi connectivity index (χ4n) is 0.478. The van der Waals surface area contributed by atoms with Crippen molar-refractivity contribution in [3.8, 4) is 0 Å². The van der Waals surface area contributed by atoms with Crippen molar-refractivity contribution in [2.24, 2.45) is 0 Å². The normalized spacial score (nSPS) is 19.0. The Kier molecular flexibility index (Phi) is 0.834. The second-order valence-electron chi connectivity index (χ2n) is 1.51. The summed E-state index contributed by atoms with van der Waals surface area (Å²) in [5, 5.41) is 4.09. The molecule has 1 heterocycles. The summed E-state index contributed by atoms with van der Waals surface area (Å²) in [4.78, 5) is 10.2. The van der Waals surface area contributed by atoms with E-state index >= 15 is 0 Å². The molecule has 38 valence electrons. The van der Waals surface area contributed by atoms with Gasteiger partial charge in [-0.3, -0.25) is 5.32 Å². The van der Waals surface area contributed by atoms with Crippen LogP contribution in [0.4, 0.5) is 4.79 Å². The van der Waals surface area contributed by atoms with E-state index in [-0.39, 0.29) is 6.03 Å². The molecule has 0 aliphatic carbocycles. The van der Waals surface area contributed by atoms with Crippen LogP contribution in [0.25, 0.3) is 0 Å². The lowest BCUT2D eigenvalue weighted by molar-refractivity contribution is -0.474. The molecule has 0 bridgehead atoms. The minimum atomic E-state index is -0.0162. The van der Waals surface area contributed by atoms with Crippen molar-refractivity contribution in [2.45, 2.75) is 6.92 Å². The summed E-state index contributed by atoms with van der Waals surface area (Å²) in [6, 6.07) is -0.0162. The molecule has 3 N–H and O–H groups in total. The first-order chi connectivity index (χ1) is 3.29. The van der Waals surface area contributed by atoms with E-state index < -0.39 is 0 Å². The summed E-state index contributed by atoms with van der Waals surface area (Å²) in [7, 11) is 0. The molecule has 3 heteroatoms. The monoisotopic (exact) mass is 99.1 g/mol. The highest BCUT2D eigenvalue weighted by molar-refractivity contribution is 5.67. The Labute approximate surface area is 41.4 Å². The zero-order valence-electron chi connectivity index (χ0n) is 4.06. The van der Waals surface area contributed by atoms with Gasteiger partial charge in [0, 0.05) is 0 Å². The summed E-state index contributed by atoms with van der Waals surface area (Å²) in [5.74, 6) is 0. The molecule has 3 nitrogen and oxygen atoms in total. The van der Waals surface area contributed by atoms with Crippen LogP contribution in [0.15, 0.2) is 11.9 Å². The molecule has 7 heavy (non-hydrogen) atoms. The molecule has 1 aliphatic heterocycles. The summed E-state index contributed by atoms with van der Waals surface area (Å²) in [6.45, 7) is 1.85. The highest BCUT2D eigenvalue weighted by Gasteiger charge is 2.10. The van der Waals surface area contributed by atoms with Crippen LogP contribution in [0.3, 0.4) is 0 Å². The van der Waals surface area contributed by atoms with E-state index in [0.717, 1.165) is 5.70 Å².